The first-order chi connectivity index (χ1) is 8.65. The lowest BCUT2D eigenvalue weighted by atomic mass is 10.0. The third-order valence-electron chi connectivity index (χ3n) is 3.51. The molecule has 0 spiro atoms. The summed E-state index contributed by atoms with van der Waals surface area (Å²) in [4.78, 5) is 14.0. The van der Waals surface area contributed by atoms with E-state index in [4.69, 9.17) is 10.5 Å². The van der Waals surface area contributed by atoms with Gasteiger partial charge in [0.15, 0.2) is 0 Å². The van der Waals surface area contributed by atoms with E-state index in [-0.39, 0.29) is 18.6 Å². The Hall–Kier alpha value is -1.39. The molecule has 1 aromatic carbocycles. The van der Waals surface area contributed by atoms with Crippen LogP contribution in [0.15, 0.2) is 18.2 Å². The lowest BCUT2D eigenvalue weighted by Crippen LogP contribution is -2.50. The maximum absolute atomic E-state index is 12.1. The van der Waals surface area contributed by atoms with Crippen LogP contribution in [0.3, 0.4) is 0 Å². The minimum atomic E-state index is 0.0217. The van der Waals surface area contributed by atoms with Crippen molar-refractivity contribution in [2.24, 2.45) is 5.73 Å². The molecule has 1 fully saturated rings. The van der Waals surface area contributed by atoms with E-state index in [1.807, 2.05) is 24.0 Å². The Balaban J connectivity index is 2.37. The first-order valence-corrected chi connectivity index (χ1v) is 6.31. The molecule has 1 unspecified atom stereocenters. The van der Waals surface area contributed by atoms with E-state index in [0.717, 1.165) is 17.7 Å². The van der Waals surface area contributed by atoms with Crippen LogP contribution in [-0.4, -0.2) is 31.7 Å². The average Bonchev–Trinajstić information content (AvgIpc) is 2.34. The molecule has 1 saturated heterocycles. The second-order valence-corrected chi connectivity index (χ2v) is 4.73. The van der Waals surface area contributed by atoms with Gasteiger partial charge in [0.1, 0.15) is 6.61 Å². The number of morpholine rings is 1. The number of carbonyl (C=O) groups is 1. The second kappa shape index (κ2) is 5.50. The van der Waals surface area contributed by atoms with E-state index in [0.29, 0.717) is 13.2 Å². The van der Waals surface area contributed by atoms with Gasteiger partial charge in [0.25, 0.3) is 5.91 Å². The smallest absolute Gasteiger partial charge is 0.253 e. The summed E-state index contributed by atoms with van der Waals surface area (Å²) in [6.45, 7) is 5.39. The molecule has 18 heavy (non-hydrogen) atoms. The van der Waals surface area contributed by atoms with Gasteiger partial charge in [0, 0.05) is 5.69 Å². The van der Waals surface area contributed by atoms with Crippen LogP contribution in [0.25, 0.3) is 0 Å². The molecule has 2 N–H and O–H groups in total. The molecular weight excluding hydrogens is 228 g/mol. The fourth-order valence-corrected chi connectivity index (χ4v) is 2.36. The van der Waals surface area contributed by atoms with Gasteiger partial charge in [-0.15, -0.1) is 0 Å². The van der Waals surface area contributed by atoms with E-state index in [1.54, 1.807) is 0 Å². The summed E-state index contributed by atoms with van der Waals surface area (Å²) in [5.41, 5.74) is 8.95. The van der Waals surface area contributed by atoms with Crippen LogP contribution in [0.5, 0.6) is 0 Å². The summed E-state index contributed by atoms with van der Waals surface area (Å²) in [6, 6.07) is 6.09. The molecule has 0 bridgehead atoms. The highest BCUT2D eigenvalue weighted by Crippen LogP contribution is 2.27. The van der Waals surface area contributed by atoms with E-state index in [9.17, 15) is 4.79 Å². The lowest BCUT2D eigenvalue weighted by Gasteiger charge is -2.36. The zero-order valence-electron chi connectivity index (χ0n) is 11.0. The third kappa shape index (κ3) is 2.40. The van der Waals surface area contributed by atoms with Crippen LogP contribution in [0.2, 0.25) is 0 Å². The summed E-state index contributed by atoms with van der Waals surface area (Å²) in [7, 11) is 0. The van der Waals surface area contributed by atoms with Gasteiger partial charge >= 0.3 is 0 Å². The number of anilines is 1. The molecule has 1 aromatic rings. The third-order valence-corrected chi connectivity index (χ3v) is 3.51. The van der Waals surface area contributed by atoms with Crippen molar-refractivity contribution in [2.45, 2.75) is 26.3 Å². The molecule has 0 saturated carbocycles. The van der Waals surface area contributed by atoms with Crippen molar-refractivity contribution in [1.29, 1.82) is 0 Å². The van der Waals surface area contributed by atoms with Crippen LogP contribution in [0.4, 0.5) is 5.69 Å². The van der Waals surface area contributed by atoms with Gasteiger partial charge in [-0.3, -0.25) is 4.79 Å². The van der Waals surface area contributed by atoms with Crippen molar-refractivity contribution >= 4 is 11.6 Å². The number of benzene rings is 1. The molecule has 2 rings (SSSR count). The maximum Gasteiger partial charge on any atom is 0.253 e. The number of aryl methyl sites for hydroxylation is 1. The minimum absolute atomic E-state index is 0.0217. The Morgan fingerprint density at radius 1 is 1.44 bits per heavy atom. The van der Waals surface area contributed by atoms with Crippen molar-refractivity contribution in [3.8, 4) is 0 Å². The van der Waals surface area contributed by atoms with Crippen LogP contribution < -0.4 is 10.6 Å². The van der Waals surface area contributed by atoms with Gasteiger partial charge in [-0.05, 0) is 44.0 Å². The fraction of sp³-hybridized carbons (Fsp3) is 0.500. The first-order valence-electron chi connectivity index (χ1n) is 6.31. The Morgan fingerprint density at radius 2 is 2.22 bits per heavy atom. The maximum atomic E-state index is 12.1. The highest BCUT2D eigenvalue weighted by atomic mass is 16.5. The molecular formula is C14H20N2O2. The van der Waals surface area contributed by atoms with Crippen LogP contribution in [0.1, 0.15) is 17.5 Å². The number of hydrogen-bond acceptors (Lipinski definition) is 3. The van der Waals surface area contributed by atoms with E-state index in [2.05, 4.69) is 13.0 Å². The summed E-state index contributed by atoms with van der Waals surface area (Å²) < 4.78 is 5.32. The molecule has 98 valence electrons. The number of amides is 1. The van der Waals surface area contributed by atoms with Gasteiger partial charge in [-0.1, -0.05) is 12.1 Å². The molecule has 1 amide bonds. The highest BCUT2D eigenvalue weighted by molar-refractivity contribution is 5.96. The molecule has 1 aliphatic heterocycles. The number of nitrogens with two attached hydrogens (primary N) is 1. The zero-order valence-corrected chi connectivity index (χ0v) is 11.0. The number of ether oxygens (including phenoxy) is 1. The Morgan fingerprint density at radius 3 is 2.94 bits per heavy atom. The number of nitrogens with zero attached hydrogens (tertiary/aromatic N) is 1. The predicted molar refractivity (Wildman–Crippen MR) is 71.7 cm³/mol. The molecule has 4 nitrogen and oxygen atoms in total. The first kappa shape index (κ1) is 13.1. The standard InChI is InChI=1S/C14H20N2O2/c1-10-4-3-5-13(11(10)2)16-12(6-7-15)8-18-9-14(16)17/h3-5,12H,6-9,15H2,1-2H3. The Labute approximate surface area is 108 Å². The van der Waals surface area contributed by atoms with Crippen LogP contribution in [-0.2, 0) is 9.53 Å². The fourth-order valence-electron chi connectivity index (χ4n) is 2.36. The molecule has 0 aromatic heterocycles. The number of carbonyl (C=O) groups excluding carboxylic acids is 1. The molecule has 4 heteroatoms. The van der Waals surface area contributed by atoms with Crippen molar-refractivity contribution in [3.05, 3.63) is 29.3 Å². The van der Waals surface area contributed by atoms with E-state index < -0.39 is 0 Å². The average molecular weight is 248 g/mol. The molecule has 1 aliphatic rings. The van der Waals surface area contributed by atoms with Crippen molar-refractivity contribution in [1.82, 2.24) is 0 Å². The van der Waals surface area contributed by atoms with Crippen molar-refractivity contribution in [2.75, 3.05) is 24.7 Å². The molecule has 1 heterocycles. The number of hydrogen-bond donors (Lipinski definition) is 1. The summed E-state index contributed by atoms with van der Waals surface area (Å²) in [5, 5.41) is 0. The minimum Gasteiger partial charge on any atom is -0.369 e. The Bertz CT molecular complexity index is 443. The number of rotatable bonds is 3. The van der Waals surface area contributed by atoms with Gasteiger partial charge in [0.05, 0.1) is 12.6 Å². The zero-order chi connectivity index (χ0) is 13.1. The molecule has 0 radical (unpaired) electrons. The van der Waals surface area contributed by atoms with Gasteiger partial charge in [0.2, 0.25) is 0 Å². The lowest BCUT2D eigenvalue weighted by molar-refractivity contribution is -0.127. The largest absolute Gasteiger partial charge is 0.369 e. The van der Waals surface area contributed by atoms with Crippen molar-refractivity contribution < 1.29 is 9.53 Å². The van der Waals surface area contributed by atoms with E-state index in [1.165, 1.54) is 5.56 Å². The normalized spacial score (nSPS) is 20.3. The van der Waals surface area contributed by atoms with Gasteiger partial charge in [-0.2, -0.15) is 0 Å². The topological polar surface area (TPSA) is 55.6 Å². The molecule has 1 atom stereocenters. The summed E-state index contributed by atoms with van der Waals surface area (Å²) in [6.07, 6.45) is 0.763. The SMILES string of the molecule is Cc1cccc(N2C(=O)COCC2CCN)c1C. The van der Waals surface area contributed by atoms with Crippen LogP contribution >= 0.6 is 0 Å². The summed E-state index contributed by atoms with van der Waals surface area (Å²) >= 11 is 0. The highest BCUT2D eigenvalue weighted by Gasteiger charge is 2.30. The predicted octanol–water partition coefficient (Wildman–Crippen LogP) is 1.38. The quantitative estimate of drug-likeness (QED) is 0.879. The monoisotopic (exact) mass is 248 g/mol. The van der Waals surface area contributed by atoms with Crippen LogP contribution in [0, 0.1) is 13.8 Å². The molecule has 0 aliphatic carbocycles. The van der Waals surface area contributed by atoms with E-state index >= 15 is 0 Å². The van der Waals surface area contributed by atoms with Gasteiger partial charge < -0.3 is 15.4 Å². The Kier molecular flexibility index (Phi) is 3.99. The summed E-state index contributed by atoms with van der Waals surface area (Å²) in [5.74, 6) is 0.0217. The van der Waals surface area contributed by atoms with Gasteiger partial charge in [-0.25, -0.2) is 0 Å². The second-order valence-electron chi connectivity index (χ2n) is 4.73. The van der Waals surface area contributed by atoms with Crippen molar-refractivity contribution in [3.63, 3.8) is 0 Å².